The fourth-order valence-corrected chi connectivity index (χ4v) is 4.07. The molecule has 7 heteroatoms. The van der Waals surface area contributed by atoms with Crippen LogP contribution in [-0.4, -0.2) is 61.1 Å². The minimum Gasteiger partial charge on any atom is -0.338 e. The maximum atomic E-state index is 11.9. The Balaban J connectivity index is 1.68. The van der Waals surface area contributed by atoms with Crippen molar-refractivity contribution < 1.29 is 4.79 Å². The van der Waals surface area contributed by atoms with Crippen molar-refractivity contribution in [2.75, 3.05) is 13.1 Å². The zero-order chi connectivity index (χ0) is 16.2. The highest BCUT2D eigenvalue weighted by Crippen LogP contribution is 2.30. The lowest BCUT2D eigenvalue weighted by molar-refractivity contribution is -0.130. The van der Waals surface area contributed by atoms with Gasteiger partial charge in [0, 0.05) is 32.1 Å². The summed E-state index contributed by atoms with van der Waals surface area (Å²) >= 11 is 0. The van der Waals surface area contributed by atoms with E-state index in [1.807, 2.05) is 4.68 Å². The third-order valence-electron chi connectivity index (χ3n) is 5.24. The van der Waals surface area contributed by atoms with Crippen LogP contribution in [0.3, 0.4) is 0 Å². The van der Waals surface area contributed by atoms with Gasteiger partial charge < -0.3 is 4.90 Å². The van der Waals surface area contributed by atoms with E-state index in [0.29, 0.717) is 12.1 Å². The minimum atomic E-state index is 0.215. The first-order valence-electron chi connectivity index (χ1n) is 8.97. The number of tetrazole rings is 1. The zero-order valence-corrected chi connectivity index (χ0v) is 14.3. The van der Waals surface area contributed by atoms with Crippen molar-refractivity contribution in [2.45, 2.75) is 77.5 Å². The fourth-order valence-electron chi connectivity index (χ4n) is 4.07. The van der Waals surface area contributed by atoms with Crippen LogP contribution >= 0.6 is 0 Å². The van der Waals surface area contributed by atoms with Crippen molar-refractivity contribution in [2.24, 2.45) is 0 Å². The molecule has 0 aliphatic carbocycles. The van der Waals surface area contributed by atoms with Crippen LogP contribution in [0.2, 0.25) is 0 Å². The number of hydrogen-bond acceptors (Lipinski definition) is 5. The molecule has 2 aliphatic rings. The van der Waals surface area contributed by atoms with Crippen LogP contribution in [0.1, 0.15) is 58.2 Å². The van der Waals surface area contributed by atoms with Crippen molar-refractivity contribution in [1.29, 1.82) is 0 Å². The molecule has 1 aromatic heterocycles. The molecule has 1 aromatic rings. The molecule has 7 nitrogen and oxygen atoms in total. The molecule has 2 aliphatic heterocycles. The van der Waals surface area contributed by atoms with Gasteiger partial charge in [0.15, 0.2) is 5.82 Å². The average molecular weight is 320 g/mol. The van der Waals surface area contributed by atoms with E-state index in [1.54, 1.807) is 6.92 Å². The molecule has 2 saturated heterocycles. The molecular weight excluding hydrogens is 292 g/mol. The summed E-state index contributed by atoms with van der Waals surface area (Å²) in [7, 11) is 0. The van der Waals surface area contributed by atoms with Gasteiger partial charge in [-0.2, -0.15) is 0 Å². The van der Waals surface area contributed by atoms with E-state index >= 15 is 0 Å². The molecule has 0 saturated carbocycles. The Morgan fingerprint density at radius 3 is 2.78 bits per heavy atom. The SMILES string of the molecule is CCCCn1nnnc1CN1CCC[C@@H]1[C@H]1CCCN1C(C)=O. The average Bonchev–Trinajstić information content (AvgIpc) is 3.25. The summed E-state index contributed by atoms with van der Waals surface area (Å²) in [6.07, 6.45) is 6.86. The maximum absolute atomic E-state index is 11.9. The van der Waals surface area contributed by atoms with E-state index in [0.717, 1.165) is 57.7 Å². The van der Waals surface area contributed by atoms with E-state index in [-0.39, 0.29) is 5.91 Å². The normalized spacial score (nSPS) is 25.4. The van der Waals surface area contributed by atoms with Crippen molar-refractivity contribution in [1.82, 2.24) is 30.0 Å². The second-order valence-electron chi connectivity index (χ2n) is 6.77. The molecule has 0 radical (unpaired) electrons. The highest BCUT2D eigenvalue weighted by atomic mass is 16.2. The summed E-state index contributed by atoms with van der Waals surface area (Å²) in [5.41, 5.74) is 0. The lowest BCUT2D eigenvalue weighted by atomic mass is 10.0. The molecule has 0 N–H and O–H groups in total. The first-order valence-corrected chi connectivity index (χ1v) is 8.97. The Labute approximate surface area is 138 Å². The van der Waals surface area contributed by atoms with Gasteiger partial charge in [-0.05, 0) is 49.1 Å². The number of aryl methyl sites for hydroxylation is 1. The van der Waals surface area contributed by atoms with E-state index in [2.05, 4.69) is 32.2 Å². The number of likely N-dealkylation sites (tertiary alicyclic amines) is 2. The van der Waals surface area contributed by atoms with Gasteiger partial charge in [-0.1, -0.05) is 13.3 Å². The Kier molecular flexibility index (Phi) is 5.25. The number of carbonyl (C=O) groups excluding carboxylic acids is 1. The van der Waals surface area contributed by atoms with Crippen LogP contribution < -0.4 is 0 Å². The Morgan fingerprint density at radius 2 is 2.00 bits per heavy atom. The molecular formula is C16H28N6O. The Hall–Kier alpha value is -1.50. The third-order valence-corrected chi connectivity index (χ3v) is 5.24. The van der Waals surface area contributed by atoms with Gasteiger partial charge in [0.2, 0.25) is 5.91 Å². The van der Waals surface area contributed by atoms with Crippen molar-refractivity contribution in [3.8, 4) is 0 Å². The molecule has 3 heterocycles. The lowest BCUT2D eigenvalue weighted by Crippen LogP contribution is -2.47. The topological polar surface area (TPSA) is 67.2 Å². The number of aromatic nitrogens is 4. The standard InChI is InChI=1S/C16H28N6O/c1-3-4-11-22-16(17-18-19-22)12-20-9-5-7-14(20)15-8-6-10-21(15)13(2)23/h14-15H,3-12H2,1-2H3/t14-,15-/m1/s1. The highest BCUT2D eigenvalue weighted by Gasteiger charge is 2.39. The van der Waals surface area contributed by atoms with Gasteiger partial charge >= 0.3 is 0 Å². The lowest BCUT2D eigenvalue weighted by Gasteiger charge is -2.34. The molecule has 2 atom stereocenters. The number of carbonyl (C=O) groups is 1. The second-order valence-corrected chi connectivity index (χ2v) is 6.77. The first kappa shape index (κ1) is 16.4. The number of hydrogen-bond donors (Lipinski definition) is 0. The van der Waals surface area contributed by atoms with Crippen LogP contribution in [0, 0.1) is 0 Å². The highest BCUT2D eigenvalue weighted by molar-refractivity contribution is 5.74. The molecule has 0 aromatic carbocycles. The summed E-state index contributed by atoms with van der Waals surface area (Å²) in [6.45, 7) is 7.55. The van der Waals surface area contributed by atoms with Crippen molar-refractivity contribution in [3.63, 3.8) is 0 Å². The number of unbranched alkanes of at least 4 members (excludes halogenated alkanes) is 1. The fraction of sp³-hybridized carbons (Fsp3) is 0.875. The van der Waals surface area contributed by atoms with Crippen LogP contribution in [0.4, 0.5) is 0 Å². The van der Waals surface area contributed by atoms with Gasteiger partial charge in [0.05, 0.1) is 6.54 Å². The molecule has 1 amide bonds. The Morgan fingerprint density at radius 1 is 1.22 bits per heavy atom. The molecule has 0 bridgehead atoms. The summed E-state index contributed by atoms with van der Waals surface area (Å²) in [5.74, 6) is 1.17. The zero-order valence-electron chi connectivity index (χ0n) is 14.3. The quantitative estimate of drug-likeness (QED) is 0.793. The van der Waals surface area contributed by atoms with Gasteiger partial charge in [0.25, 0.3) is 0 Å². The molecule has 2 fully saturated rings. The van der Waals surface area contributed by atoms with E-state index < -0.39 is 0 Å². The van der Waals surface area contributed by atoms with Gasteiger partial charge in [-0.15, -0.1) is 5.10 Å². The minimum absolute atomic E-state index is 0.215. The molecule has 0 unspecified atom stereocenters. The van der Waals surface area contributed by atoms with E-state index in [9.17, 15) is 4.79 Å². The van der Waals surface area contributed by atoms with Crippen LogP contribution in [0.15, 0.2) is 0 Å². The number of amides is 1. The summed E-state index contributed by atoms with van der Waals surface area (Å²) in [6, 6.07) is 0.827. The van der Waals surface area contributed by atoms with Crippen molar-refractivity contribution in [3.05, 3.63) is 5.82 Å². The molecule has 128 valence electrons. The Bertz CT molecular complexity index is 530. The summed E-state index contributed by atoms with van der Waals surface area (Å²) in [4.78, 5) is 16.4. The van der Waals surface area contributed by atoms with Crippen LogP contribution in [0.25, 0.3) is 0 Å². The van der Waals surface area contributed by atoms with Crippen molar-refractivity contribution >= 4 is 5.91 Å². The second kappa shape index (κ2) is 7.38. The van der Waals surface area contributed by atoms with E-state index in [4.69, 9.17) is 0 Å². The maximum Gasteiger partial charge on any atom is 0.219 e. The monoisotopic (exact) mass is 320 g/mol. The number of nitrogens with zero attached hydrogens (tertiary/aromatic N) is 6. The predicted octanol–water partition coefficient (Wildman–Crippen LogP) is 1.45. The molecule has 0 spiro atoms. The summed E-state index contributed by atoms with van der Waals surface area (Å²) < 4.78 is 1.94. The van der Waals surface area contributed by atoms with Crippen LogP contribution in [-0.2, 0) is 17.9 Å². The van der Waals surface area contributed by atoms with E-state index in [1.165, 1.54) is 12.8 Å². The molecule has 3 rings (SSSR count). The largest absolute Gasteiger partial charge is 0.338 e. The van der Waals surface area contributed by atoms with Gasteiger partial charge in [0.1, 0.15) is 0 Å². The summed E-state index contributed by atoms with van der Waals surface area (Å²) in [5, 5.41) is 12.2. The first-order chi connectivity index (χ1) is 11.2. The van der Waals surface area contributed by atoms with Gasteiger partial charge in [-0.3, -0.25) is 9.69 Å². The number of rotatable bonds is 6. The van der Waals surface area contributed by atoms with Gasteiger partial charge in [-0.25, -0.2) is 4.68 Å². The molecule has 23 heavy (non-hydrogen) atoms. The predicted molar refractivity (Wildman–Crippen MR) is 86.6 cm³/mol. The van der Waals surface area contributed by atoms with Crippen LogP contribution in [0.5, 0.6) is 0 Å². The smallest absolute Gasteiger partial charge is 0.219 e. The third kappa shape index (κ3) is 3.54.